The van der Waals surface area contributed by atoms with Gasteiger partial charge in [0.25, 0.3) is 5.91 Å². The fourth-order valence-electron chi connectivity index (χ4n) is 2.52. The SMILES string of the molecule is Nc1ccc(-c2ccc(O)cc2)cc1NC(=O)c1ccc(NC(=O)O)cc1. The third-order valence-electron chi connectivity index (χ3n) is 3.90. The van der Waals surface area contributed by atoms with E-state index in [9.17, 15) is 14.7 Å². The van der Waals surface area contributed by atoms with Gasteiger partial charge in [-0.2, -0.15) is 0 Å². The lowest BCUT2D eigenvalue weighted by atomic mass is 10.0. The van der Waals surface area contributed by atoms with Crippen LogP contribution in [0.3, 0.4) is 0 Å². The molecule has 3 aromatic rings. The molecule has 0 atom stereocenters. The van der Waals surface area contributed by atoms with E-state index in [1.165, 1.54) is 24.3 Å². The fraction of sp³-hybridized carbons (Fsp3) is 0. The van der Waals surface area contributed by atoms with E-state index >= 15 is 0 Å². The molecule has 3 aromatic carbocycles. The zero-order chi connectivity index (χ0) is 19.4. The molecule has 0 saturated heterocycles. The molecule has 6 N–H and O–H groups in total. The highest BCUT2D eigenvalue weighted by Gasteiger charge is 2.10. The molecule has 0 radical (unpaired) electrons. The minimum Gasteiger partial charge on any atom is -0.508 e. The smallest absolute Gasteiger partial charge is 0.409 e. The predicted octanol–water partition coefficient (Wildman–Crippen LogP) is 3.98. The Morgan fingerprint density at radius 3 is 2.07 bits per heavy atom. The molecule has 0 fully saturated rings. The van der Waals surface area contributed by atoms with E-state index in [2.05, 4.69) is 10.6 Å². The van der Waals surface area contributed by atoms with Crippen LogP contribution in [-0.4, -0.2) is 22.2 Å². The number of nitrogens with two attached hydrogens (primary N) is 1. The van der Waals surface area contributed by atoms with Gasteiger partial charge in [-0.05, 0) is 59.7 Å². The summed E-state index contributed by atoms with van der Waals surface area (Å²) < 4.78 is 0. The van der Waals surface area contributed by atoms with E-state index in [4.69, 9.17) is 10.8 Å². The van der Waals surface area contributed by atoms with Crippen LogP contribution < -0.4 is 16.4 Å². The van der Waals surface area contributed by atoms with Crippen LogP contribution in [0.5, 0.6) is 5.75 Å². The summed E-state index contributed by atoms with van der Waals surface area (Å²) in [5, 5.41) is 23.1. The summed E-state index contributed by atoms with van der Waals surface area (Å²) in [5.41, 5.74) is 9.27. The second-order valence-electron chi connectivity index (χ2n) is 5.81. The Bertz CT molecular complexity index is 983. The molecule has 7 heteroatoms. The van der Waals surface area contributed by atoms with Gasteiger partial charge in [0, 0.05) is 11.3 Å². The Kier molecular flexibility index (Phi) is 4.94. The van der Waals surface area contributed by atoms with Gasteiger partial charge in [-0.3, -0.25) is 10.1 Å². The average molecular weight is 363 g/mol. The summed E-state index contributed by atoms with van der Waals surface area (Å²) in [6.07, 6.45) is -1.17. The second-order valence-corrected chi connectivity index (χ2v) is 5.81. The number of rotatable bonds is 4. The van der Waals surface area contributed by atoms with Crippen LogP contribution in [0.2, 0.25) is 0 Å². The normalized spacial score (nSPS) is 10.2. The molecule has 0 aromatic heterocycles. The highest BCUT2D eigenvalue weighted by atomic mass is 16.4. The summed E-state index contributed by atoms with van der Waals surface area (Å²) in [5.74, 6) is -0.199. The Labute approximate surface area is 155 Å². The van der Waals surface area contributed by atoms with Crippen molar-refractivity contribution in [3.05, 3.63) is 72.3 Å². The first kappa shape index (κ1) is 17.8. The third-order valence-corrected chi connectivity index (χ3v) is 3.90. The van der Waals surface area contributed by atoms with Gasteiger partial charge < -0.3 is 21.3 Å². The highest BCUT2D eigenvalue weighted by molar-refractivity contribution is 6.06. The van der Waals surface area contributed by atoms with Gasteiger partial charge in [0.15, 0.2) is 0 Å². The largest absolute Gasteiger partial charge is 0.508 e. The number of phenolic OH excluding ortho intramolecular Hbond substituents is 1. The van der Waals surface area contributed by atoms with E-state index in [-0.39, 0.29) is 11.7 Å². The van der Waals surface area contributed by atoms with Gasteiger partial charge in [-0.25, -0.2) is 4.79 Å². The number of carboxylic acid groups (broad SMARTS) is 1. The number of nitrogens with one attached hydrogen (secondary N) is 2. The molecular weight excluding hydrogens is 346 g/mol. The minimum atomic E-state index is -1.17. The predicted molar refractivity (Wildman–Crippen MR) is 104 cm³/mol. The number of phenols is 1. The molecule has 0 aliphatic carbocycles. The summed E-state index contributed by atoms with van der Waals surface area (Å²) in [7, 11) is 0. The van der Waals surface area contributed by atoms with Gasteiger partial charge in [-0.15, -0.1) is 0 Å². The molecule has 136 valence electrons. The Morgan fingerprint density at radius 2 is 1.44 bits per heavy atom. The van der Waals surface area contributed by atoms with Crippen LogP contribution >= 0.6 is 0 Å². The molecule has 0 bridgehead atoms. The van der Waals surface area contributed by atoms with Crippen molar-refractivity contribution in [1.29, 1.82) is 0 Å². The first-order chi connectivity index (χ1) is 12.9. The van der Waals surface area contributed by atoms with Gasteiger partial charge in [0.05, 0.1) is 11.4 Å². The van der Waals surface area contributed by atoms with Crippen molar-refractivity contribution in [2.75, 3.05) is 16.4 Å². The van der Waals surface area contributed by atoms with Gasteiger partial charge in [0.1, 0.15) is 5.75 Å². The molecule has 0 unspecified atom stereocenters. The Balaban J connectivity index is 1.80. The van der Waals surface area contributed by atoms with E-state index in [1.54, 1.807) is 36.4 Å². The van der Waals surface area contributed by atoms with Crippen molar-refractivity contribution >= 4 is 29.1 Å². The standard InChI is InChI=1S/C20H17N3O4/c21-17-10-5-14(12-3-8-16(24)9-4-12)11-18(17)23-19(25)13-1-6-15(7-2-13)22-20(26)27/h1-11,22,24H,21H2,(H,23,25)(H,26,27). The molecule has 0 spiro atoms. The zero-order valence-electron chi connectivity index (χ0n) is 14.1. The first-order valence-electron chi connectivity index (χ1n) is 8.02. The lowest BCUT2D eigenvalue weighted by molar-refractivity contribution is 0.102. The number of anilines is 3. The molecular formula is C20H17N3O4. The average Bonchev–Trinajstić information content (AvgIpc) is 2.64. The Hall–Kier alpha value is -4.00. The highest BCUT2D eigenvalue weighted by Crippen LogP contribution is 2.28. The van der Waals surface area contributed by atoms with Crippen LogP contribution in [0.4, 0.5) is 21.9 Å². The van der Waals surface area contributed by atoms with E-state index in [1.807, 2.05) is 6.07 Å². The number of hydrogen-bond acceptors (Lipinski definition) is 4. The molecule has 27 heavy (non-hydrogen) atoms. The number of nitrogen functional groups attached to an aromatic ring is 1. The Morgan fingerprint density at radius 1 is 0.815 bits per heavy atom. The van der Waals surface area contributed by atoms with Crippen molar-refractivity contribution in [2.24, 2.45) is 0 Å². The van der Waals surface area contributed by atoms with E-state index < -0.39 is 6.09 Å². The topological polar surface area (TPSA) is 125 Å². The molecule has 2 amide bonds. The zero-order valence-corrected chi connectivity index (χ0v) is 14.1. The number of carbonyl (C=O) groups is 2. The van der Waals surface area contributed by atoms with Crippen molar-refractivity contribution in [1.82, 2.24) is 0 Å². The lowest BCUT2D eigenvalue weighted by Crippen LogP contribution is -2.13. The number of benzene rings is 3. The van der Waals surface area contributed by atoms with Crippen LogP contribution in [-0.2, 0) is 0 Å². The quantitative estimate of drug-likeness (QED) is 0.448. The van der Waals surface area contributed by atoms with Gasteiger partial charge in [0.2, 0.25) is 0 Å². The van der Waals surface area contributed by atoms with Crippen LogP contribution in [0.1, 0.15) is 10.4 Å². The maximum Gasteiger partial charge on any atom is 0.409 e. The number of aromatic hydroxyl groups is 1. The fourth-order valence-corrected chi connectivity index (χ4v) is 2.52. The van der Waals surface area contributed by atoms with E-state index in [0.29, 0.717) is 22.6 Å². The number of amides is 2. The maximum absolute atomic E-state index is 12.5. The van der Waals surface area contributed by atoms with Crippen molar-refractivity contribution in [3.8, 4) is 16.9 Å². The van der Waals surface area contributed by atoms with Gasteiger partial charge >= 0.3 is 6.09 Å². The summed E-state index contributed by atoms with van der Waals surface area (Å²) >= 11 is 0. The molecule has 0 heterocycles. The monoisotopic (exact) mass is 363 g/mol. The van der Waals surface area contributed by atoms with Crippen molar-refractivity contribution < 1.29 is 19.8 Å². The number of hydrogen-bond donors (Lipinski definition) is 5. The van der Waals surface area contributed by atoms with Crippen molar-refractivity contribution in [2.45, 2.75) is 0 Å². The lowest BCUT2D eigenvalue weighted by Gasteiger charge is -2.11. The minimum absolute atomic E-state index is 0.170. The van der Waals surface area contributed by atoms with Crippen molar-refractivity contribution in [3.63, 3.8) is 0 Å². The summed E-state index contributed by atoms with van der Waals surface area (Å²) in [6, 6.07) is 18.0. The maximum atomic E-state index is 12.5. The summed E-state index contributed by atoms with van der Waals surface area (Å²) in [4.78, 5) is 23.1. The number of carbonyl (C=O) groups excluding carboxylic acids is 1. The van der Waals surface area contributed by atoms with Gasteiger partial charge in [-0.1, -0.05) is 18.2 Å². The summed E-state index contributed by atoms with van der Waals surface area (Å²) in [6.45, 7) is 0. The van der Waals surface area contributed by atoms with Crippen LogP contribution in [0.25, 0.3) is 11.1 Å². The molecule has 0 aliphatic rings. The molecule has 0 aliphatic heterocycles. The molecule has 0 saturated carbocycles. The van der Waals surface area contributed by atoms with Crippen LogP contribution in [0, 0.1) is 0 Å². The molecule has 7 nitrogen and oxygen atoms in total. The van der Waals surface area contributed by atoms with E-state index in [0.717, 1.165) is 11.1 Å². The third kappa shape index (κ3) is 4.35. The van der Waals surface area contributed by atoms with Crippen LogP contribution in [0.15, 0.2) is 66.7 Å². The second kappa shape index (κ2) is 7.49. The molecule has 3 rings (SSSR count). The first-order valence-corrected chi connectivity index (χ1v) is 8.02.